The van der Waals surface area contributed by atoms with Gasteiger partial charge in [0.25, 0.3) is 0 Å². The first-order chi connectivity index (χ1) is 13.5. The van der Waals surface area contributed by atoms with E-state index in [-0.39, 0.29) is 12.2 Å². The van der Waals surface area contributed by atoms with Gasteiger partial charge in [0.05, 0.1) is 47.6 Å². The summed E-state index contributed by atoms with van der Waals surface area (Å²) in [6.45, 7) is 7.51. The number of aliphatic hydroxyl groups is 1. The molecule has 0 saturated carbocycles. The van der Waals surface area contributed by atoms with Crippen LogP contribution in [0.2, 0.25) is 0 Å². The number of hydrogen-bond acceptors (Lipinski definition) is 3. The Balaban J connectivity index is 1.65. The van der Waals surface area contributed by atoms with E-state index in [0.717, 1.165) is 28.5 Å². The highest BCUT2D eigenvalue weighted by atomic mass is 16.3. The molecule has 0 fully saturated rings. The summed E-state index contributed by atoms with van der Waals surface area (Å²) in [4.78, 5) is 17.4. The Morgan fingerprint density at radius 3 is 2.39 bits per heavy atom. The molecule has 2 heterocycles. The van der Waals surface area contributed by atoms with Crippen LogP contribution >= 0.6 is 0 Å². The van der Waals surface area contributed by atoms with E-state index in [4.69, 9.17) is 0 Å². The van der Waals surface area contributed by atoms with E-state index in [2.05, 4.69) is 37.9 Å². The molecule has 6 heteroatoms. The Kier molecular flexibility index (Phi) is 4.81. The SMILES string of the molecule is CCCn1c(=O)n(CC(O)Cn2cnc3cc(C)c(C)cc32)c2ccccc21. The van der Waals surface area contributed by atoms with Crippen molar-refractivity contribution >= 4 is 22.1 Å². The quantitative estimate of drug-likeness (QED) is 0.560. The molecular weight excluding hydrogens is 352 g/mol. The monoisotopic (exact) mass is 378 g/mol. The van der Waals surface area contributed by atoms with E-state index >= 15 is 0 Å². The van der Waals surface area contributed by atoms with Gasteiger partial charge < -0.3 is 9.67 Å². The number of para-hydroxylation sites is 2. The molecule has 1 unspecified atom stereocenters. The first kappa shape index (κ1) is 18.5. The molecule has 146 valence electrons. The molecule has 0 radical (unpaired) electrons. The molecule has 4 aromatic rings. The number of aliphatic hydroxyl groups excluding tert-OH is 1. The summed E-state index contributed by atoms with van der Waals surface area (Å²) in [5.41, 5.74) is 6.04. The van der Waals surface area contributed by atoms with E-state index in [1.807, 2.05) is 28.8 Å². The summed E-state index contributed by atoms with van der Waals surface area (Å²) in [6.07, 6.45) is 1.95. The molecule has 4 rings (SSSR count). The molecule has 1 N–H and O–H groups in total. The number of benzene rings is 2. The molecule has 0 saturated heterocycles. The van der Waals surface area contributed by atoms with Crippen LogP contribution in [-0.2, 0) is 19.6 Å². The van der Waals surface area contributed by atoms with E-state index in [9.17, 15) is 9.90 Å². The number of nitrogens with zero attached hydrogens (tertiary/aromatic N) is 4. The summed E-state index contributed by atoms with van der Waals surface area (Å²) in [5, 5.41) is 10.8. The molecule has 2 aromatic heterocycles. The van der Waals surface area contributed by atoms with E-state index in [0.29, 0.717) is 13.1 Å². The zero-order chi connectivity index (χ0) is 19.8. The summed E-state index contributed by atoms with van der Waals surface area (Å²) >= 11 is 0. The van der Waals surface area contributed by atoms with Crippen LogP contribution in [0.5, 0.6) is 0 Å². The topological polar surface area (TPSA) is 65.0 Å². The molecule has 0 bridgehead atoms. The second-order valence-electron chi connectivity index (χ2n) is 7.51. The fraction of sp³-hybridized carbons (Fsp3) is 0.364. The first-order valence-corrected chi connectivity index (χ1v) is 9.77. The second kappa shape index (κ2) is 7.28. The van der Waals surface area contributed by atoms with Crippen LogP contribution in [0.15, 0.2) is 47.5 Å². The smallest absolute Gasteiger partial charge is 0.329 e. The van der Waals surface area contributed by atoms with Crippen molar-refractivity contribution in [1.82, 2.24) is 18.7 Å². The number of aromatic nitrogens is 4. The fourth-order valence-corrected chi connectivity index (χ4v) is 3.84. The van der Waals surface area contributed by atoms with Crippen LogP contribution in [0.25, 0.3) is 22.1 Å². The van der Waals surface area contributed by atoms with Gasteiger partial charge in [0, 0.05) is 6.54 Å². The van der Waals surface area contributed by atoms with Gasteiger partial charge in [0.2, 0.25) is 0 Å². The van der Waals surface area contributed by atoms with Crippen molar-refractivity contribution in [2.24, 2.45) is 0 Å². The van der Waals surface area contributed by atoms with Crippen LogP contribution < -0.4 is 5.69 Å². The van der Waals surface area contributed by atoms with Crippen LogP contribution in [0, 0.1) is 13.8 Å². The lowest BCUT2D eigenvalue weighted by Gasteiger charge is -2.13. The van der Waals surface area contributed by atoms with Gasteiger partial charge >= 0.3 is 5.69 Å². The molecule has 1 atom stereocenters. The van der Waals surface area contributed by atoms with Crippen LogP contribution in [-0.4, -0.2) is 29.9 Å². The summed E-state index contributed by atoms with van der Waals surface area (Å²) in [7, 11) is 0. The van der Waals surface area contributed by atoms with E-state index in [1.54, 1.807) is 15.5 Å². The summed E-state index contributed by atoms with van der Waals surface area (Å²) in [5.74, 6) is 0. The zero-order valence-electron chi connectivity index (χ0n) is 16.6. The van der Waals surface area contributed by atoms with Gasteiger partial charge in [-0.15, -0.1) is 0 Å². The number of fused-ring (bicyclic) bond motifs is 2. The highest BCUT2D eigenvalue weighted by Gasteiger charge is 2.16. The third-order valence-corrected chi connectivity index (χ3v) is 5.41. The van der Waals surface area contributed by atoms with Crippen molar-refractivity contribution in [3.63, 3.8) is 0 Å². The molecule has 0 spiro atoms. The molecule has 0 aliphatic carbocycles. The molecular formula is C22H26N4O2. The van der Waals surface area contributed by atoms with E-state index < -0.39 is 6.10 Å². The Morgan fingerprint density at radius 1 is 1.00 bits per heavy atom. The molecule has 28 heavy (non-hydrogen) atoms. The summed E-state index contributed by atoms with van der Waals surface area (Å²) < 4.78 is 5.44. The highest BCUT2D eigenvalue weighted by Crippen LogP contribution is 2.19. The number of imidazole rings is 2. The Bertz CT molecular complexity index is 1200. The van der Waals surface area contributed by atoms with Gasteiger partial charge in [-0.3, -0.25) is 9.13 Å². The van der Waals surface area contributed by atoms with Crippen molar-refractivity contribution < 1.29 is 5.11 Å². The minimum atomic E-state index is -0.697. The standard InChI is InChI=1S/C22H26N4O2/c1-4-9-25-19-7-5-6-8-20(19)26(22(25)28)13-17(27)12-24-14-23-18-10-15(2)16(3)11-21(18)24/h5-8,10-11,14,17,27H,4,9,12-13H2,1-3H3. The molecule has 2 aromatic carbocycles. The molecule has 6 nitrogen and oxygen atoms in total. The van der Waals surface area contributed by atoms with Crippen molar-refractivity contribution in [3.05, 3.63) is 64.3 Å². The average Bonchev–Trinajstić information content (AvgIpc) is 3.16. The third kappa shape index (κ3) is 3.14. The number of rotatable bonds is 6. The van der Waals surface area contributed by atoms with Crippen molar-refractivity contribution in [3.8, 4) is 0 Å². The zero-order valence-corrected chi connectivity index (χ0v) is 16.6. The van der Waals surface area contributed by atoms with Crippen molar-refractivity contribution in [2.75, 3.05) is 0 Å². The lowest BCUT2D eigenvalue weighted by atomic mass is 10.1. The van der Waals surface area contributed by atoms with Crippen LogP contribution in [0.1, 0.15) is 24.5 Å². The largest absolute Gasteiger partial charge is 0.389 e. The maximum atomic E-state index is 12.9. The average molecular weight is 378 g/mol. The summed E-state index contributed by atoms with van der Waals surface area (Å²) in [6, 6.07) is 11.9. The minimum absolute atomic E-state index is 0.0657. The number of aryl methyl sites for hydroxylation is 3. The van der Waals surface area contributed by atoms with Gasteiger partial charge in [-0.25, -0.2) is 9.78 Å². The van der Waals surface area contributed by atoms with Gasteiger partial charge in [-0.05, 0) is 55.7 Å². The highest BCUT2D eigenvalue weighted by molar-refractivity contribution is 5.77. The maximum Gasteiger partial charge on any atom is 0.329 e. The van der Waals surface area contributed by atoms with Crippen LogP contribution in [0.3, 0.4) is 0 Å². The third-order valence-electron chi connectivity index (χ3n) is 5.41. The second-order valence-corrected chi connectivity index (χ2v) is 7.51. The Morgan fingerprint density at radius 2 is 1.68 bits per heavy atom. The first-order valence-electron chi connectivity index (χ1n) is 9.77. The van der Waals surface area contributed by atoms with Gasteiger partial charge in [0.15, 0.2) is 0 Å². The van der Waals surface area contributed by atoms with Crippen molar-refractivity contribution in [2.45, 2.75) is 52.9 Å². The van der Waals surface area contributed by atoms with Gasteiger partial charge in [0.1, 0.15) is 0 Å². The fourth-order valence-electron chi connectivity index (χ4n) is 3.84. The lowest BCUT2D eigenvalue weighted by Crippen LogP contribution is -2.30. The van der Waals surface area contributed by atoms with Gasteiger partial charge in [-0.2, -0.15) is 0 Å². The predicted molar refractivity (Wildman–Crippen MR) is 112 cm³/mol. The molecule has 0 aliphatic rings. The number of hydrogen-bond donors (Lipinski definition) is 1. The predicted octanol–water partition coefficient (Wildman–Crippen LogP) is 3.24. The van der Waals surface area contributed by atoms with Crippen molar-refractivity contribution in [1.29, 1.82) is 0 Å². The Hall–Kier alpha value is -2.86. The normalized spacial score (nSPS) is 12.9. The minimum Gasteiger partial charge on any atom is -0.389 e. The van der Waals surface area contributed by atoms with Gasteiger partial charge in [-0.1, -0.05) is 19.1 Å². The maximum absolute atomic E-state index is 12.9. The lowest BCUT2D eigenvalue weighted by molar-refractivity contribution is 0.135. The Labute approximate surface area is 163 Å². The van der Waals surface area contributed by atoms with Crippen LogP contribution in [0.4, 0.5) is 0 Å². The molecule has 0 amide bonds. The van der Waals surface area contributed by atoms with E-state index in [1.165, 1.54) is 11.1 Å². The molecule has 0 aliphatic heterocycles.